The van der Waals surface area contributed by atoms with Gasteiger partial charge in [-0.25, -0.2) is 9.97 Å². The molecule has 0 fully saturated rings. The van der Waals surface area contributed by atoms with Gasteiger partial charge >= 0.3 is 5.97 Å². The zero-order chi connectivity index (χ0) is 28.7. The third-order valence-corrected chi connectivity index (χ3v) is 7.05. The van der Waals surface area contributed by atoms with Crippen LogP contribution in [-0.4, -0.2) is 32.5 Å². The van der Waals surface area contributed by atoms with Gasteiger partial charge in [-0.1, -0.05) is 42.5 Å². The Kier molecular flexibility index (Phi) is 8.04. The highest BCUT2D eigenvalue weighted by Crippen LogP contribution is 2.20. The molecule has 3 aromatic heterocycles. The number of carbonyl (C=O) groups excluding carboxylic acids is 1. The van der Waals surface area contributed by atoms with Gasteiger partial charge in [0.05, 0.1) is 29.4 Å². The van der Waals surface area contributed by atoms with Crippen LogP contribution >= 0.6 is 0 Å². The van der Waals surface area contributed by atoms with Crippen LogP contribution in [0.4, 0.5) is 0 Å². The largest absolute Gasteiger partial charge is 0.466 e. The summed E-state index contributed by atoms with van der Waals surface area (Å²) < 4.78 is 4.93. The fourth-order valence-corrected chi connectivity index (χ4v) is 5.11. The first-order valence-corrected chi connectivity index (χ1v) is 14.3. The summed E-state index contributed by atoms with van der Waals surface area (Å²) in [6.45, 7) is 2.30. The first-order chi connectivity index (χ1) is 20.6. The standard InChI is InChI=1S/C20H14N4.C16H18O2/c1-2-14-10-16-5-6-18(23-16)12-20-8-7-19(24-20)11-17-4-3-15(22-17)9-13(1)21-14;1-2-18-16(17)12-6-10-14-9-5-8-13-7-3-4-11-15(13)14/h1-12,21,24H;3-5,7-9,11H,2,6,10,12H2,1H3. The number of carbonyl (C=O) groups is 1. The lowest BCUT2D eigenvalue weighted by Crippen LogP contribution is -2.04. The molecule has 0 atom stereocenters. The molecule has 0 aliphatic carbocycles. The number of nitrogens with one attached hydrogen (secondary N) is 2. The zero-order valence-corrected chi connectivity index (χ0v) is 23.5. The Bertz CT molecular complexity index is 1780. The van der Waals surface area contributed by atoms with E-state index in [0.717, 1.165) is 57.7 Å². The number of benzene rings is 2. The molecule has 0 saturated carbocycles. The summed E-state index contributed by atoms with van der Waals surface area (Å²) in [5.41, 5.74) is 9.16. The van der Waals surface area contributed by atoms with Crippen molar-refractivity contribution < 1.29 is 9.53 Å². The number of aryl methyl sites for hydroxylation is 1. The zero-order valence-electron chi connectivity index (χ0n) is 23.5. The van der Waals surface area contributed by atoms with Crippen LogP contribution < -0.4 is 0 Å². The summed E-state index contributed by atoms with van der Waals surface area (Å²) in [5, 5.41) is 2.54. The van der Waals surface area contributed by atoms with E-state index in [2.05, 4.69) is 80.6 Å². The number of H-pyrrole nitrogens is 2. The third-order valence-electron chi connectivity index (χ3n) is 7.05. The summed E-state index contributed by atoms with van der Waals surface area (Å²) in [6.07, 6.45) is 10.3. The van der Waals surface area contributed by atoms with E-state index < -0.39 is 0 Å². The lowest BCUT2D eigenvalue weighted by molar-refractivity contribution is -0.143. The van der Waals surface area contributed by atoms with E-state index in [1.54, 1.807) is 0 Å². The van der Waals surface area contributed by atoms with Gasteiger partial charge in [-0.2, -0.15) is 0 Å². The van der Waals surface area contributed by atoms with Crippen LogP contribution in [0.15, 0.2) is 91.0 Å². The van der Waals surface area contributed by atoms with Gasteiger partial charge in [-0.05, 0) is 109 Å². The molecule has 0 radical (unpaired) electrons. The average molecular weight is 553 g/mol. The Morgan fingerprint density at radius 2 is 1.17 bits per heavy atom. The van der Waals surface area contributed by atoms with Crippen molar-refractivity contribution in [1.82, 2.24) is 19.9 Å². The Morgan fingerprint density at radius 3 is 1.69 bits per heavy atom. The van der Waals surface area contributed by atoms with Crippen molar-refractivity contribution >= 4 is 63.1 Å². The fraction of sp³-hybridized carbons (Fsp3) is 0.139. The maximum Gasteiger partial charge on any atom is 0.305 e. The molecular formula is C36H32N4O2. The number of ether oxygens (including phenoxy) is 1. The fourth-order valence-electron chi connectivity index (χ4n) is 5.11. The van der Waals surface area contributed by atoms with Crippen LogP contribution in [0.25, 0.3) is 57.1 Å². The van der Waals surface area contributed by atoms with Crippen LogP contribution in [-0.2, 0) is 16.0 Å². The number of aromatic nitrogens is 4. The van der Waals surface area contributed by atoms with E-state index >= 15 is 0 Å². The lowest BCUT2D eigenvalue weighted by Gasteiger charge is -2.06. The maximum atomic E-state index is 11.3. The van der Waals surface area contributed by atoms with Crippen molar-refractivity contribution in [2.24, 2.45) is 0 Å². The number of rotatable bonds is 5. The summed E-state index contributed by atoms with van der Waals surface area (Å²) >= 11 is 0. The first-order valence-electron chi connectivity index (χ1n) is 14.3. The van der Waals surface area contributed by atoms with Crippen molar-refractivity contribution in [2.75, 3.05) is 6.61 Å². The highest BCUT2D eigenvalue weighted by Gasteiger charge is 2.04. The van der Waals surface area contributed by atoms with Gasteiger partial charge in [0, 0.05) is 28.5 Å². The predicted molar refractivity (Wildman–Crippen MR) is 172 cm³/mol. The van der Waals surface area contributed by atoms with E-state index in [-0.39, 0.29) is 5.97 Å². The van der Waals surface area contributed by atoms with Gasteiger partial charge in [0.2, 0.25) is 0 Å². The molecule has 7 rings (SSSR count). The molecule has 2 aliphatic rings. The highest BCUT2D eigenvalue weighted by molar-refractivity contribution is 5.85. The van der Waals surface area contributed by atoms with E-state index in [9.17, 15) is 4.79 Å². The van der Waals surface area contributed by atoms with Gasteiger partial charge in [0.1, 0.15) is 0 Å². The molecule has 42 heavy (non-hydrogen) atoms. The number of hydrogen-bond acceptors (Lipinski definition) is 4. The summed E-state index contributed by atoms with van der Waals surface area (Å²) in [5.74, 6) is -0.0993. The first kappa shape index (κ1) is 27.0. The van der Waals surface area contributed by atoms with Crippen LogP contribution in [0.2, 0.25) is 0 Å². The van der Waals surface area contributed by atoms with Crippen molar-refractivity contribution in [1.29, 1.82) is 0 Å². The summed E-state index contributed by atoms with van der Waals surface area (Å²) in [6, 6.07) is 31.0. The van der Waals surface area contributed by atoms with Gasteiger partial charge in [0.25, 0.3) is 0 Å². The van der Waals surface area contributed by atoms with Gasteiger partial charge < -0.3 is 14.7 Å². The summed E-state index contributed by atoms with van der Waals surface area (Å²) in [4.78, 5) is 27.3. The minimum absolute atomic E-state index is 0.0993. The van der Waals surface area contributed by atoms with Gasteiger partial charge in [-0.3, -0.25) is 4.79 Å². The molecule has 2 N–H and O–H groups in total. The van der Waals surface area contributed by atoms with Crippen molar-refractivity contribution in [3.05, 3.63) is 119 Å². The Morgan fingerprint density at radius 1 is 0.667 bits per heavy atom. The Balaban J connectivity index is 0.000000158. The monoisotopic (exact) mass is 552 g/mol. The number of aromatic amines is 2. The molecule has 0 unspecified atom stereocenters. The second kappa shape index (κ2) is 12.5. The molecule has 2 aliphatic heterocycles. The molecule has 2 aromatic carbocycles. The predicted octanol–water partition coefficient (Wildman–Crippen LogP) is 8.38. The smallest absolute Gasteiger partial charge is 0.305 e. The molecule has 208 valence electrons. The molecule has 6 nitrogen and oxygen atoms in total. The van der Waals surface area contributed by atoms with E-state index in [1.807, 2.05) is 61.6 Å². The normalized spacial score (nSPS) is 11.7. The topological polar surface area (TPSA) is 83.7 Å². The van der Waals surface area contributed by atoms with E-state index in [0.29, 0.717) is 13.0 Å². The second-order valence-electron chi connectivity index (χ2n) is 10.2. The van der Waals surface area contributed by atoms with Crippen molar-refractivity contribution in [3.63, 3.8) is 0 Å². The third kappa shape index (κ3) is 6.73. The minimum Gasteiger partial charge on any atom is -0.466 e. The van der Waals surface area contributed by atoms with Crippen molar-refractivity contribution in [2.45, 2.75) is 26.2 Å². The molecule has 0 saturated heterocycles. The van der Waals surface area contributed by atoms with Crippen LogP contribution in [0, 0.1) is 0 Å². The lowest BCUT2D eigenvalue weighted by atomic mass is 10.0. The average Bonchev–Trinajstić information content (AvgIpc) is 3.80. The molecule has 5 aromatic rings. The van der Waals surface area contributed by atoms with E-state index in [1.165, 1.54) is 16.3 Å². The van der Waals surface area contributed by atoms with Gasteiger partial charge in [0.15, 0.2) is 0 Å². The molecule has 0 spiro atoms. The van der Waals surface area contributed by atoms with Gasteiger partial charge in [-0.15, -0.1) is 0 Å². The number of hydrogen-bond donors (Lipinski definition) is 2. The Hall–Kier alpha value is -5.23. The Labute approximate surface area is 244 Å². The number of nitrogens with zero attached hydrogens (tertiary/aromatic N) is 2. The van der Waals surface area contributed by atoms with E-state index in [4.69, 9.17) is 4.74 Å². The number of esters is 1. The summed E-state index contributed by atoms with van der Waals surface area (Å²) in [7, 11) is 0. The molecule has 6 heteroatoms. The minimum atomic E-state index is -0.0993. The molecule has 5 heterocycles. The molecular weight excluding hydrogens is 520 g/mol. The number of fused-ring (bicyclic) bond motifs is 9. The maximum absolute atomic E-state index is 11.3. The van der Waals surface area contributed by atoms with Crippen LogP contribution in [0.3, 0.4) is 0 Å². The molecule has 0 amide bonds. The second-order valence-corrected chi connectivity index (χ2v) is 10.2. The van der Waals surface area contributed by atoms with Crippen LogP contribution in [0.1, 0.15) is 48.1 Å². The SMILES string of the molecule is C1=Cc2cc3ccc(cc4nc(cc5ccc(cc1n2)[nH]5)C=C4)[nH]3.CCOC(=O)CCCc1cccc2ccccc12. The van der Waals surface area contributed by atoms with Crippen LogP contribution in [0.5, 0.6) is 0 Å². The van der Waals surface area contributed by atoms with Crippen molar-refractivity contribution in [3.8, 4) is 0 Å². The quantitative estimate of drug-likeness (QED) is 0.210. The molecule has 8 bridgehead atoms. The highest BCUT2D eigenvalue weighted by atomic mass is 16.5.